The van der Waals surface area contributed by atoms with E-state index in [0.29, 0.717) is 12.1 Å². The van der Waals surface area contributed by atoms with Gasteiger partial charge < -0.3 is 4.48 Å². The Labute approximate surface area is 220 Å². The lowest BCUT2D eigenvalue weighted by molar-refractivity contribution is -1.00. The minimum absolute atomic E-state index is 0.128. The maximum absolute atomic E-state index is 14.6. The van der Waals surface area contributed by atoms with Crippen LogP contribution in [0, 0.1) is 59.0 Å². The topological polar surface area (TPSA) is 0 Å². The number of benzene rings is 2. The maximum atomic E-state index is 14.6. The summed E-state index contributed by atoms with van der Waals surface area (Å²) < 4.78 is 30.2. The summed E-state index contributed by atoms with van der Waals surface area (Å²) >= 11 is 0. The average molecular weight is 501 g/mol. The molecule has 6 aliphatic rings. The van der Waals surface area contributed by atoms with Crippen molar-refractivity contribution >= 4 is 0 Å². The smallest absolute Gasteiger partial charge is 0.123 e. The molecule has 2 aromatic rings. The van der Waals surface area contributed by atoms with E-state index in [1.165, 1.54) is 51.4 Å². The van der Waals surface area contributed by atoms with Crippen molar-refractivity contribution in [2.45, 2.75) is 76.5 Å². The van der Waals surface area contributed by atoms with Gasteiger partial charge in [0.15, 0.2) is 0 Å². The number of quaternary nitrogens is 1. The number of fused-ring (bicyclic) bond motifs is 10. The van der Waals surface area contributed by atoms with Gasteiger partial charge in [-0.25, -0.2) is 8.78 Å². The average Bonchev–Trinajstić information content (AvgIpc) is 3.70. The zero-order chi connectivity index (χ0) is 24.7. The third-order valence-electron chi connectivity index (χ3n) is 12.4. The van der Waals surface area contributed by atoms with Crippen LogP contribution in [0.3, 0.4) is 0 Å². The molecule has 0 spiro atoms. The van der Waals surface area contributed by atoms with E-state index in [0.717, 1.165) is 76.0 Å². The summed E-state index contributed by atoms with van der Waals surface area (Å²) in [7, 11) is 0. The van der Waals surface area contributed by atoms with Crippen LogP contribution in [0.5, 0.6) is 0 Å². The van der Waals surface area contributed by atoms with Crippen molar-refractivity contribution in [3.8, 4) is 0 Å². The predicted molar refractivity (Wildman–Crippen MR) is 142 cm³/mol. The Bertz CT molecular complexity index is 1170. The van der Waals surface area contributed by atoms with Gasteiger partial charge in [-0.3, -0.25) is 0 Å². The summed E-state index contributed by atoms with van der Waals surface area (Å²) in [5.74, 6) is 6.36. The van der Waals surface area contributed by atoms with E-state index in [2.05, 4.69) is 24.3 Å². The Morgan fingerprint density at radius 3 is 2.00 bits per heavy atom. The lowest BCUT2D eigenvalue weighted by atomic mass is 9.73. The largest absolute Gasteiger partial charge is 0.311 e. The molecular formula is C34H40F2N+. The van der Waals surface area contributed by atoms with Gasteiger partial charge >= 0.3 is 0 Å². The first kappa shape index (κ1) is 22.9. The second-order valence-electron chi connectivity index (χ2n) is 13.8. The standard InChI is InChI=1S/C34H40F2N/c35-25-7-1-5-21(13-25)19-37(20-22-6-2-8-26(36)14-22,33-17-23-15-31(33)29-11-3-9-27(23)29)34-18-24-16-32(34)30-12-4-10-28(24)30/h1-3,5-8,11,13-14,23-24,27-34H,4,9-10,12,15-20H2/q+1. The van der Waals surface area contributed by atoms with Gasteiger partial charge in [-0.1, -0.05) is 42.8 Å². The Morgan fingerprint density at radius 1 is 0.676 bits per heavy atom. The molecule has 10 unspecified atom stereocenters. The number of hydrogen-bond acceptors (Lipinski definition) is 0. The summed E-state index contributed by atoms with van der Waals surface area (Å²) in [6.07, 6.45) is 15.9. The molecule has 194 valence electrons. The molecule has 2 aromatic carbocycles. The van der Waals surface area contributed by atoms with Gasteiger partial charge in [-0.2, -0.15) is 0 Å². The van der Waals surface area contributed by atoms with Gasteiger partial charge in [-0.05, 0) is 91.9 Å². The van der Waals surface area contributed by atoms with E-state index in [1.807, 2.05) is 12.1 Å². The molecule has 0 saturated heterocycles. The van der Waals surface area contributed by atoms with Crippen LogP contribution in [-0.2, 0) is 13.1 Å². The van der Waals surface area contributed by atoms with Crippen LogP contribution in [0.4, 0.5) is 8.78 Å². The summed E-state index contributed by atoms with van der Waals surface area (Å²) in [6.45, 7) is 1.77. The highest BCUT2D eigenvalue weighted by molar-refractivity contribution is 5.20. The van der Waals surface area contributed by atoms with Gasteiger partial charge in [0, 0.05) is 35.8 Å². The second kappa shape index (κ2) is 8.50. The first-order valence-corrected chi connectivity index (χ1v) is 15.1. The van der Waals surface area contributed by atoms with Crippen molar-refractivity contribution in [2.75, 3.05) is 0 Å². The molecule has 0 heterocycles. The van der Waals surface area contributed by atoms with Crippen LogP contribution < -0.4 is 0 Å². The molecule has 0 aliphatic heterocycles. The molecule has 3 heteroatoms. The molecule has 0 N–H and O–H groups in total. The van der Waals surface area contributed by atoms with Crippen LogP contribution in [0.25, 0.3) is 0 Å². The highest BCUT2D eigenvalue weighted by Gasteiger charge is 2.66. The first-order valence-electron chi connectivity index (χ1n) is 15.1. The quantitative estimate of drug-likeness (QED) is 0.279. The first-order chi connectivity index (χ1) is 18.1. The fraction of sp³-hybridized carbons (Fsp3) is 0.588. The number of allylic oxidation sites excluding steroid dienone is 2. The molecule has 5 saturated carbocycles. The Kier molecular flexibility index (Phi) is 5.27. The highest BCUT2D eigenvalue weighted by atomic mass is 19.1. The Balaban J connectivity index is 1.26. The van der Waals surface area contributed by atoms with E-state index in [9.17, 15) is 8.78 Å². The lowest BCUT2D eigenvalue weighted by Gasteiger charge is -2.55. The minimum atomic E-state index is -0.128. The van der Waals surface area contributed by atoms with E-state index in [1.54, 1.807) is 24.3 Å². The molecule has 6 aliphatic carbocycles. The van der Waals surface area contributed by atoms with Crippen molar-refractivity contribution in [2.24, 2.45) is 47.3 Å². The maximum Gasteiger partial charge on any atom is 0.123 e. The van der Waals surface area contributed by atoms with Crippen LogP contribution in [0.15, 0.2) is 60.7 Å². The molecular weight excluding hydrogens is 460 g/mol. The zero-order valence-electron chi connectivity index (χ0n) is 21.8. The molecule has 4 bridgehead atoms. The third kappa shape index (κ3) is 3.48. The van der Waals surface area contributed by atoms with Gasteiger partial charge in [0.2, 0.25) is 0 Å². The molecule has 0 amide bonds. The summed E-state index contributed by atoms with van der Waals surface area (Å²) in [5, 5.41) is 0. The SMILES string of the molecule is Fc1cccc(C[N+](Cc2cccc(F)c2)(C2CC3CC2C2C=CCC32)C2CC3CC2C2CCCC32)c1. The van der Waals surface area contributed by atoms with E-state index in [4.69, 9.17) is 0 Å². The van der Waals surface area contributed by atoms with Crippen LogP contribution in [-0.4, -0.2) is 16.6 Å². The van der Waals surface area contributed by atoms with Crippen LogP contribution in [0.2, 0.25) is 0 Å². The molecule has 10 atom stereocenters. The van der Waals surface area contributed by atoms with Crippen molar-refractivity contribution in [3.05, 3.63) is 83.4 Å². The van der Waals surface area contributed by atoms with Crippen molar-refractivity contribution < 1.29 is 13.3 Å². The summed E-state index contributed by atoms with van der Waals surface area (Å²) in [6, 6.07) is 16.0. The molecule has 37 heavy (non-hydrogen) atoms. The second-order valence-corrected chi connectivity index (χ2v) is 13.8. The monoisotopic (exact) mass is 500 g/mol. The number of rotatable bonds is 6. The van der Waals surface area contributed by atoms with Gasteiger partial charge in [0.1, 0.15) is 24.7 Å². The van der Waals surface area contributed by atoms with E-state index < -0.39 is 0 Å². The predicted octanol–water partition coefficient (Wildman–Crippen LogP) is 7.91. The highest BCUT2D eigenvalue weighted by Crippen LogP contribution is 2.65. The van der Waals surface area contributed by atoms with Crippen molar-refractivity contribution in [3.63, 3.8) is 0 Å². The summed E-state index contributed by atoms with van der Waals surface area (Å²) in [4.78, 5) is 0. The van der Waals surface area contributed by atoms with E-state index >= 15 is 0 Å². The fourth-order valence-corrected chi connectivity index (χ4v) is 11.4. The molecule has 5 fully saturated rings. The van der Waals surface area contributed by atoms with Gasteiger partial charge in [0.05, 0.1) is 12.1 Å². The van der Waals surface area contributed by atoms with E-state index in [-0.39, 0.29) is 11.6 Å². The van der Waals surface area contributed by atoms with Gasteiger partial charge in [-0.15, -0.1) is 0 Å². The normalized spacial score (nSPS) is 41.0. The number of hydrogen-bond donors (Lipinski definition) is 0. The molecule has 1 nitrogen and oxygen atoms in total. The summed E-state index contributed by atoms with van der Waals surface area (Å²) in [5.41, 5.74) is 2.26. The van der Waals surface area contributed by atoms with Gasteiger partial charge in [0.25, 0.3) is 0 Å². The lowest BCUT2D eigenvalue weighted by Crippen LogP contribution is -2.65. The van der Waals surface area contributed by atoms with Crippen molar-refractivity contribution in [1.29, 1.82) is 0 Å². The number of nitrogens with zero attached hydrogens (tertiary/aromatic N) is 1. The van der Waals surface area contributed by atoms with Crippen molar-refractivity contribution in [1.82, 2.24) is 0 Å². The Hall–Kier alpha value is -2.00. The minimum Gasteiger partial charge on any atom is -0.311 e. The molecule has 0 radical (unpaired) electrons. The third-order valence-corrected chi connectivity index (χ3v) is 12.4. The fourth-order valence-electron chi connectivity index (χ4n) is 11.4. The zero-order valence-corrected chi connectivity index (χ0v) is 21.8. The number of halogens is 2. The Morgan fingerprint density at radius 2 is 1.30 bits per heavy atom. The van der Waals surface area contributed by atoms with Crippen LogP contribution >= 0.6 is 0 Å². The molecule has 8 rings (SSSR count). The molecule has 0 aromatic heterocycles. The van der Waals surface area contributed by atoms with Crippen LogP contribution in [0.1, 0.15) is 62.5 Å².